The number of sulfone groups is 1. The molecule has 3 N–H and O–H groups in total. The second-order valence-electron chi connectivity index (χ2n) is 9.07. The van der Waals surface area contributed by atoms with Gasteiger partial charge in [0.15, 0.2) is 5.13 Å². The second-order valence-corrected chi connectivity index (χ2v) is 12.4. The topological polar surface area (TPSA) is 95.6 Å². The van der Waals surface area contributed by atoms with Crippen LogP contribution in [0, 0.1) is 5.82 Å². The fourth-order valence-corrected chi connectivity index (χ4v) is 5.28. The molecule has 202 valence electrons. The highest BCUT2D eigenvalue weighted by Crippen LogP contribution is 2.32. The molecule has 2 aliphatic rings. The molecule has 3 heterocycles. The molecule has 0 spiro atoms. The maximum absolute atomic E-state index is 13.4. The molecule has 0 radical (unpaired) electrons. The lowest BCUT2D eigenvalue weighted by Gasteiger charge is -2.26. The molecule has 2 aromatic carbocycles. The summed E-state index contributed by atoms with van der Waals surface area (Å²) < 4.78 is 41.8. The van der Waals surface area contributed by atoms with E-state index in [2.05, 4.69) is 20.9 Å². The third-order valence-corrected chi connectivity index (χ3v) is 7.85. The number of halogens is 1. The van der Waals surface area contributed by atoms with Crippen LogP contribution in [0.5, 0.6) is 5.75 Å². The number of nitrogens with zero attached hydrogens (tertiary/aromatic N) is 2. The summed E-state index contributed by atoms with van der Waals surface area (Å²) >= 11 is 1.54. The normalized spacial score (nSPS) is 14.6. The Labute approximate surface area is 231 Å². The number of nitrogens with one attached hydrogen (secondary N) is 3. The Kier molecular flexibility index (Phi) is 8.10. The van der Waals surface area contributed by atoms with Crippen molar-refractivity contribution >= 4 is 32.0 Å². The SMILES string of the molecule is CS(=O)(=O)CCNCc1cnc(N2C=CC3=CNC=C(Nc4ccc(OCc5cccc(F)c5)cc4)C3=C2)s1. The number of hydrogen-bond acceptors (Lipinski definition) is 9. The van der Waals surface area contributed by atoms with Crippen LogP contribution in [-0.2, 0) is 23.0 Å². The molecule has 0 saturated heterocycles. The number of benzene rings is 2. The van der Waals surface area contributed by atoms with Gasteiger partial charge in [-0.05, 0) is 48.0 Å². The van der Waals surface area contributed by atoms with E-state index < -0.39 is 9.84 Å². The summed E-state index contributed by atoms with van der Waals surface area (Å²) in [5.74, 6) is 0.519. The van der Waals surface area contributed by atoms with E-state index in [1.54, 1.807) is 23.6 Å². The van der Waals surface area contributed by atoms with Gasteiger partial charge in [-0.15, -0.1) is 0 Å². The van der Waals surface area contributed by atoms with Crippen LogP contribution in [0.2, 0.25) is 0 Å². The molecule has 39 heavy (non-hydrogen) atoms. The highest BCUT2D eigenvalue weighted by Gasteiger charge is 2.20. The minimum Gasteiger partial charge on any atom is -0.489 e. The van der Waals surface area contributed by atoms with Crippen LogP contribution in [0.4, 0.5) is 15.2 Å². The summed E-state index contributed by atoms with van der Waals surface area (Å²) in [6.45, 7) is 1.25. The zero-order chi connectivity index (χ0) is 27.2. The molecule has 1 aromatic heterocycles. The predicted molar refractivity (Wildman–Crippen MR) is 153 cm³/mol. The number of rotatable bonds is 11. The Morgan fingerprint density at radius 3 is 2.79 bits per heavy atom. The van der Waals surface area contributed by atoms with Gasteiger partial charge in [0.05, 0.1) is 11.4 Å². The fraction of sp³-hybridized carbons (Fsp3) is 0.179. The van der Waals surface area contributed by atoms with Gasteiger partial charge in [-0.2, -0.15) is 0 Å². The summed E-state index contributed by atoms with van der Waals surface area (Å²) in [4.78, 5) is 7.54. The number of anilines is 2. The number of allylic oxidation sites excluding steroid dienone is 2. The molecule has 0 bridgehead atoms. The van der Waals surface area contributed by atoms with Crippen LogP contribution in [0.15, 0.2) is 102 Å². The Morgan fingerprint density at radius 1 is 1.15 bits per heavy atom. The van der Waals surface area contributed by atoms with E-state index in [1.165, 1.54) is 18.4 Å². The number of fused-ring (bicyclic) bond motifs is 1. The van der Waals surface area contributed by atoms with Crippen molar-refractivity contribution in [2.24, 2.45) is 0 Å². The monoisotopic (exact) mass is 565 g/mol. The lowest BCUT2D eigenvalue weighted by Crippen LogP contribution is -2.21. The van der Waals surface area contributed by atoms with E-state index in [1.807, 2.05) is 66.1 Å². The number of aromatic nitrogens is 1. The van der Waals surface area contributed by atoms with Crippen LogP contribution in [0.3, 0.4) is 0 Å². The summed E-state index contributed by atoms with van der Waals surface area (Å²) in [5, 5.41) is 10.6. The summed E-state index contributed by atoms with van der Waals surface area (Å²) in [5.41, 5.74) is 4.60. The van der Waals surface area contributed by atoms with Crippen molar-refractivity contribution in [1.29, 1.82) is 0 Å². The largest absolute Gasteiger partial charge is 0.489 e. The van der Waals surface area contributed by atoms with Crippen LogP contribution in [0.1, 0.15) is 10.4 Å². The Bertz CT molecular complexity index is 1560. The van der Waals surface area contributed by atoms with Gasteiger partial charge in [0.25, 0.3) is 0 Å². The first-order chi connectivity index (χ1) is 18.8. The second kappa shape index (κ2) is 11.9. The van der Waals surface area contributed by atoms with Crippen LogP contribution in [0.25, 0.3) is 0 Å². The molecule has 0 amide bonds. The van der Waals surface area contributed by atoms with E-state index >= 15 is 0 Å². The van der Waals surface area contributed by atoms with E-state index in [9.17, 15) is 12.8 Å². The lowest BCUT2D eigenvalue weighted by atomic mass is 10.0. The molecule has 5 rings (SSSR count). The van der Waals surface area contributed by atoms with Crippen molar-refractivity contribution in [3.05, 3.63) is 119 Å². The quantitative estimate of drug-likeness (QED) is 0.289. The summed E-state index contributed by atoms with van der Waals surface area (Å²) in [6.07, 6.45) is 12.9. The molecular formula is C28H28FN5O3S2. The first-order valence-electron chi connectivity index (χ1n) is 12.3. The fourth-order valence-electron chi connectivity index (χ4n) is 3.92. The lowest BCUT2D eigenvalue weighted by molar-refractivity contribution is 0.305. The molecule has 0 unspecified atom stereocenters. The Hall–Kier alpha value is -3.93. The standard InChI is InChI=1S/C28H28FN5O3S2/c1-39(35,36)12-10-30-15-25-16-32-28(38-25)34-11-9-21-14-31-17-27(26(21)18-34)33-23-5-7-24(8-6-23)37-19-20-3-2-4-22(29)13-20/h2-9,11,13-14,16-18,30-31,33H,10,12,15,19H2,1H3. The van der Waals surface area contributed by atoms with Crippen LogP contribution in [-0.4, -0.2) is 32.0 Å². The average Bonchev–Trinajstić information content (AvgIpc) is 3.39. The number of dihydropyridines is 1. The maximum Gasteiger partial charge on any atom is 0.193 e. The molecule has 0 atom stereocenters. The van der Waals surface area contributed by atoms with E-state index in [-0.39, 0.29) is 18.2 Å². The van der Waals surface area contributed by atoms with Crippen molar-refractivity contribution < 1.29 is 17.5 Å². The Balaban J connectivity index is 1.20. The first-order valence-corrected chi connectivity index (χ1v) is 15.1. The van der Waals surface area contributed by atoms with Gasteiger partial charge < -0.3 is 20.7 Å². The molecule has 3 aromatic rings. The van der Waals surface area contributed by atoms with E-state index in [4.69, 9.17) is 4.74 Å². The third kappa shape index (κ3) is 7.34. The maximum atomic E-state index is 13.4. The van der Waals surface area contributed by atoms with Gasteiger partial charge in [0, 0.05) is 72.1 Å². The predicted octanol–water partition coefficient (Wildman–Crippen LogP) is 4.65. The van der Waals surface area contributed by atoms with Gasteiger partial charge >= 0.3 is 0 Å². The number of hydrogen-bond donors (Lipinski definition) is 3. The van der Waals surface area contributed by atoms with E-state index in [0.717, 1.165) is 38.1 Å². The summed E-state index contributed by atoms with van der Waals surface area (Å²) in [6, 6.07) is 14.0. The molecule has 0 aliphatic carbocycles. The zero-order valence-corrected chi connectivity index (χ0v) is 22.9. The van der Waals surface area contributed by atoms with E-state index in [0.29, 0.717) is 18.8 Å². The number of thiazole rings is 1. The van der Waals surface area contributed by atoms with Crippen molar-refractivity contribution in [3.63, 3.8) is 0 Å². The van der Waals surface area contributed by atoms with Gasteiger partial charge in [0.2, 0.25) is 0 Å². The molecule has 0 fully saturated rings. The highest BCUT2D eigenvalue weighted by atomic mass is 32.2. The van der Waals surface area contributed by atoms with Crippen molar-refractivity contribution in [1.82, 2.24) is 15.6 Å². The van der Waals surface area contributed by atoms with Crippen LogP contribution < -0.4 is 25.6 Å². The van der Waals surface area contributed by atoms with Crippen molar-refractivity contribution in [3.8, 4) is 5.75 Å². The molecule has 0 saturated carbocycles. The molecular weight excluding hydrogens is 537 g/mol. The summed E-state index contributed by atoms with van der Waals surface area (Å²) in [7, 11) is -2.99. The van der Waals surface area contributed by atoms with Gasteiger partial charge in [0.1, 0.15) is 28.0 Å². The van der Waals surface area contributed by atoms with Crippen LogP contribution >= 0.6 is 11.3 Å². The zero-order valence-electron chi connectivity index (χ0n) is 21.2. The smallest absolute Gasteiger partial charge is 0.193 e. The molecule has 11 heteroatoms. The minimum absolute atomic E-state index is 0.107. The third-order valence-electron chi connectivity index (χ3n) is 5.89. The van der Waals surface area contributed by atoms with Crippen molar-refractivity contribution in [2.75, 3.05) is 28.8 Å². The number of ether oxygens (including phenoxy) is 1. The minimum atomic E-state index is -2.99. The highest BCUT2D eigenvalue weighted by molar-refractivity contribution is 7.90. The molecule has 8 nitrogen and oxygen atoms in total. The molecule has 2 aliphatic heterocycles. The Morgan fingerprint density at radius 2 is 2.00 bits per heavy atom. The first kappa shape index (κ1) is 26.7. The van der Waals surface area contributed by atoms with Gasteiger partial charge in [-0.3, -0.25) is 4.90 Å². The van der Waals surface area contributed by atoms with Gasteiger partial charge in [-0.1, -0.05) is 23.5 Å². The van der Waals surface area contributed by atoms with Crippen molar-refractivity contribution in [2.45, 2.75) is 13.2 Å². The average molecular weight is 566 g/mol. The van der Waals surface area contributed by atoms with Gasteiger partial charge in [-0.25, -0.2) is 17.8 Å².